The van der Waals surface area contributed by atoms with Gasteiger partial charge in [-0.25, -0.2) is 0 Å². The van der Waals surface area contributed by atoms with Crippen molar-refractivity contribution in [1.82, 2.24) is 9.88 Å². The van der Waals surface area contributed by atoms with E-state index in [9.17, 15) is 9.90 Å². The first kappa shape index (κ1) is 24.0. The molecule has 1 aliphatic carbocycles. The number of carboxylic acid groups (broad SMARTS) is 1. The first-order valence-electron chi connectivity index (χ1n) is 12.8. The zero-order valence-electron chi connectivity index (χ0n) is 20.7. The average molecular weight is 453 g/mol. The van der Waals surface area contributed by atoms with Crippen molar-refractivity contribution in [1.29, 1.82) is 0 Å². The van der Waals surface area contributed by atoms with Crippen LogP contribution in [-0.2, 0) is 4.79 Å². The van der Waals surface area contributed by atoms with Gasteiger partial charge in [-0.05, 0) is 87.1 Å². The number of aromatic nitrogens is 1. The molecule has 0 amide bonds. The molecule has 2 heterocycles. The summed E-state index contributed by atoms with van der Waals surface area (Å²) in [6, 6.07) is 10.6. The first-order valence-corrected chi connectivity index (χ1v) is 12.8. The van der Waals surface area contributed by atoms with Crippen molar-refractivity contribution in [3.63, 3.8) is 0 Å². The molecule has 1 aliphatic heterocycles. The number of likely N-dealkylation sites (tertiary alicyclic amines) is 1. The van der Waals surface area contributed by atoms with Crippen LogP contribution in [0.1, 0.15) is 84.4 Å². The van der Waals surface area contributed by atoms with Crippen LogP contribution in [0.3, 0.4) is 0 Å². The number of carboxylic acids is 1. The summed E-state index contributed by atoms with van der Waals surface area (Å²) in [6.07, 6.45) is 7.66. The molecule has 1 saturated carbocycles. The van der Waals surface area contributed by atoms with Crippen molar-refractivity contribution in [3.8, 4) is 5.75 Å². The maximum atomic E-state index is 11.5. The Kier molecular flexibility index (Phi) is 7.28. The van der Waals surface area contributed by atoms with Crippen LogP contribution in [0.25, 0.3) is 10.9 Å². The van der Waals surface area contributed by atoms with E-state index in [2.05, 4.69) is 62.9 Å². The summed E-state index contributed by atoms with van der Waals surface area (Å²) in [4.78, 5) is 18.8. The minimum Gasteiger partial charge on any atom is -0.490 e. The molecule has 4 rings (SSSR count). The van der Waals surface area contributed by atoms with Crippen molar-refractivity contribution >= 4 is 16.9 Å². The Morgan fingerprint density at radius 1 is 1.15 bits per heavy atom. The molecular formula is C28H40N2O3. The van der Waals surface area contributed by atoms with Crippen molar-refractivity contribution in [2.24, 2.45) is 17.3 Å². The number of benzene rings is 1. The monoisotopic (exact) mass is 452 g/mol. The van der Waals surface area contributed by atoms with Crippen LogP contribution in [-0.4, -0.2) is 40.2 Å². The number of carbonyl (C=O) groups is 1. The molecule has 0 spiro atoms. The number of pyridine rings is 1. The second-order valence-electron chi connectivity index (χ2n) is 11.1. The third-order valence-corrected chi connectivity index (χ3v) is 7.85. The number of rotatable bonds is 6. The van der Waals surface area contributed by atoms with Gasteiger partial charge in [-0.2, -0.15) is 0 Å². The summed E-state index contributed by atoms with van der Waals surface area (Å²) in [5.41, 5.74) is 2.39. The van der Waals surface area contributed by atoms with Crippen molar-refractivity contribution in [2.45, 2.75) is 84.8 Å². The van der Waals surface area contributed by atoms with Gasteiger partial charge in [0.05, 0.1) is 29.3 Å². The molecule has 2 unspecified atom stereocenters. The highest BCUT2D eigenvalue weighted by Crippen LogP contribution is 2.39. The van der Waals surface area contributed by atoms with Crippen LogP contribution < -0.4 is 4.74 Å². The highest BCUT2D eigenvalue weighted by Gasteiger charge is 2.31. The fourth-order valence-electron chi connectivity index (χ4n) is 5.76. The van der Waals surface area contributed by atoms with E-state index >= 15 is 0 Å². The van der Waals surface area contributed by atoms with E-state index in [0.717, 1.165) is 66.9 Å². The Labute approximate surface area is 198 Å². The van der Waals surface area contributed by atoms with Gasteiger partial charge in [0.2, 0.25) is 0 Å². The van der Waals surface area contributed by atoms with E-state index in [1.165, 1.54) is 12.8 Å². The minimum absolute atomic E-state index is 0.158. The van der Waals surface area contributed by atoms with E-state index in [-0.39, 0.29) is 12.0 Å². The molecule has 2 aliphatic rings. The van der Waals surface area contributed by atoms with Crippen LogP contribution in [0.5, 0.6) is 5.75 Å². The fourth-order valence-corrected chi connectivity index (χ4v) is 5.76. The van der Waals surface area contributed by atoms with Crippen molar-refractivity contribution < 1.29 is 14.6 Å². The molecule has 33 heavy (non-hydrogen) atoms. The van der Waals surface area contributed by atoms with Gasteiger partial charge in [0, 0.05) is 11.9 Å². The predicted molar refractivity (Wildman–Crippen MR) is 133 cm³/mol. The smallest absolute Gasteiger partial charge is 0.307 e. The molecule has 1 aromatic carbocycles. The highest BCUT2D eigenvalue weighted by atomic mass is 16.5. The van der Waals surface area contributed by atoms with E-state index in [4.69, 9.17) is 9.72 Å². The molecule has 2 aromatic rings. The molecule has 2 atom stereocenters. The van der Waals surface area contributed by atoms with Crippen LogP contribution >= 0.6 is 0 Å². The first-order chi connectivity index (χ1) is 15.7. The Hall–Kier alpha value is -2.14. The summed E-state index contributed by atoms with van der Waals surface area (Å²) in [7, 11) is 0. The number of hydrogen-bond donors (Lipinski definition) is 1. The lowest BCUT2D eigenvalue weighted by Crippen LogP contribution is -2.41. The third-order valence-electron chi connectivity index (χ3n) is 7.85. The molecule has 5 nitrogen and oxygen atoms in total. The SMILES string of the molecule is CCC(c1ccc2cc(OC3CCC(C(C)(C)C)CC3)ccc2n1)N1CCCC(C(=O)O)C1. The van der Waals surface area contributed by atoms with Gasteiger partial charge in [0.1, 0.15) is 5.75 Å². The van der Waals surface area contributed by atoms with Gasteiger partial charge in [0.15, 0.2) is 0 Å². The lowest BCUT2D eigenvalue weighted by atomic mass is 9.72. The Morgan fingerprint density at radius 3 is 2.58 bits per heavy atom. The molecule has 0 bridgehead atoms. The van der Waals surface area contributed by atoms with Crippen molar-refractivity contribution in [3.05, 3.63) is 36.0 Å². The Balaban J connectivity index is 1.44. The quantitative estimate of drug-likeness (QED) is 0.544. The molecule has 1 N–H and O–H groups in total. The van der Waals surface area contributed by atoms with E-state index in [0.29, 0.717) is 18.1 Å². The maximum Gasteiger partial charge on any atom is 0.307 e. The van der Waals surface area contributed by atoms with E-state index in [1.807, 2.05) is 0 Å². The summed E-state index contributed by atoms with van der Waals surface area (Å²) < 4.78 is 6.36. The number of fused-ring (bicyclic) bond motifs is 1. The lowest BCUT2D eigenvalue weighted by Gasteiger charge is -2.37. The minimum atomic E-state index is -0.680. The fraction of sp³-hybridized carbons (Fsp3) is 0.643. The number of ether oxygens (including phenoxy) is 1. The van der Waals surface area contributed by atoms with Gasteiger partial charge < -0.3 is 9.84 Å². The van der Waals surface area contributed by atoms with E-state index < -0.39 is 5.97 Å². The number of hydrogen-bond acceptors (Lipinski definition) is 4. The normalized spacial score (nSPS) is 25.6. The Bertz CT molecular complexity index is 959. The van der Waals surface area contributed by atoms with Gasteiger partial charge in [0.25, 0.3) is 0 Å². The van der Waals surface area contributed by atoms with Crippen LogP contribution in [0.2, 0.25) is 0 Å². The second kappa shape index (κ2) is 10.0. The second-order valence-corrected chi connectivity index (χ2v) is 11.1. The van der Waals surface area contributed by atoms with Crippen molar-refractivity contribution in [2.75, 3.05) is 13.1 Å². The lowest BCUT2D eigenvalue weighted by molar-refractivity contribution is -0.144. The molecule has 180 valence electrons. The molecule has 2 fully saturated rings. The molecule has 1 aromatic heterocycles. The maximum absolute atomic E-state index is 11.5. The molecular weight excluding hydrogens is 412 g/mol. The van der Waals surface area contributed by atoms with Gasteiger partial charge in [-0.15, -0.1) is 0 Å². The summed E-state index contributed by atoms with van der Waals surface area (Å²) in [5.74, 6) is 0.768. The molecule has 1 saturated heterocycles. The number of aliphatic carboxylic acids is 1. The molecule has 5 heteroatoms. The van der Waals surface area contributed by atoms with Gasteiger partial charge in [-0.1, -0.05) is 33.8 Å². The topological polar surface area (TPSA) is 62.7 Å². The Morgan fingerprint density at radius 2 is 1.91 bits per heavy atom. The predicted octanol–water partition coefficient (Wildman–Crippen LogP) is 6.47. The average Bonchev–Trinajstić information content (AvgIpc) is 2.79. The number of nitrogens with zero attached hydrogens (tertiary/aromatic N) is 2. The third kappa shape index (κ3) is 5.68. The van der Waals surface area contributed by atoms with Crippen LogP contribution in [0.4, 0.5) is 0 Å². The zero-order valence-corrected chi connectivity index (χ0v) is 20.7. The van der Waals surface area contributed by atoms with Gasteiger partial charge >= 0.3 is 5.97 Å². The highest BCUT2D eigenvalue weighted by molar-refractivity contribution is 5.80. The van der Waals surface area contributed by atoms with E-state index in [1.54, 1.807) is 0 Å². The summed E-state index contributed by atoms with van der Waals surface area (Å²) in [6.45, 7) is 10.8. The van der Waals surface area contributed by atoms with Crippen LogP contribution in [0, 0.1) is 17.3 Å². The van der Waals surface area contributed by atoms with Gasteiger partial charge in [-0.3, -0.25) is 14.7 Å². The largest absolute Gasteiger partial charge is 0.490 e. The number of piperidine rings is 1. The zero-order chi connectivity index (χ0) is 23.6. The standard InChI is InChI=1S/C28H40N2O3/c1-5-26(30-16-6-7-20(18-30)27(31)32)25-14-8-19-17-23(13-15-24(19)29-25)33-22-11-9-21(10-12-22)28(2,3)4/h8,13-15,17,20-22,26H,5-7,9-12,16,18H2,1-4H3,(H,31,32). The summed E-state index contributed by atoms with van der Waals surface area (Å²) >= 11 is 0. The molecule has 0 radical (unpaired) electrons. The summed E-state index contributed by atoms with van der Waals surface area (Å²) in [5, 5.41) is 10.6. The van der Waals surface area contributed by atoms with Crippen LogP contribution in [0.15, 0.2) is 30.3 Å².